The van der Waals surface area contributed by atoms with Gasteiger partial charge < -0.3 is 4.57 Å². The minimum absolute atomic E-state index is 0.387. The molecule has 1 saturated carbocycles. The molecule has 1 aromatic heterocycles. The third-order valence-electron chi connectivity index (χ3n) is 3.86. The number of nitriles is 1. The lowest BCUT2D eigenvalue weighted by atomic mass is 9.86. The Labute approximate surface area is 104 Å². The maximum absolute atomic E-state index is 9.12. The van der Waals surface area contributed by atoms with Crippen LogP contribution in [0.5, 0.6) is 0 Å². The van der Waals surface area contributed by atoms with Crippen LogP contribution in [0.2, 0.25) is 0 Å². The number of rotatable bonds is 3. The molecule has 0 atom stereocenters. The SMILES string of the molecule is CC(C)n1c(C#N)ccc1CC1CCCCC1. The van der Waals surface area contributed by atoms with Gasteiger partial charge in [-0.05, 0) is 38.3 Å². The molecule has 1 fully saturated rings. The molecule has 0 N–H and O–H groups in total. The van der Waals surface area contributed by atoms with E-state index in [-0.39, 0.29) is 0 Å². The van der Waals surface area contributed by atoms with Gasteiger partial charge in [0.1, 0.15) is 11.8 Å². The van der Waals surface area contributed by atoms with Crippen molar-refractivity contribution in [3.05, 3.63) is 23.5 Å². The summed E-state index contributed by atoms with van der Waals surface area (Å²) in [6.45, 7) is 4.32. The Morgan fingerprint density at radius 2 is 2.00 bits per heavy atom. The first-order valence-corrected chi connectivity index (χ1v) is 6.82. The minimum atomic E-state index is 0.387. The van der Waals surface area contributed by atoms with E-state index in [1.165, 1.54) is 37.8 Å². The number of nitrogens with zero attached hydrogens (tertiary/aromatic N) is 2. The second kappa shape index (κ2) is 5.40. The van der Waals surface area contributed by atoms with Gasteiger partial charge in [-0.2, -0.15) is 5.26 Å². The van der Waals surface area contributed by atoms with Gasteiger partial charge >= 0.3 is 0 Å². The largest absolute Gasteiger partial charge is 0.334 e. The summed E-state index contributed by atoms with van der Waals surface area (Å²) < 4.78 is 2.20. The van der Waals surface area contributed by atoms with Gasteiger partial charge in [-0.1, -0.05) is 32.1 Å². The van der Waals surface area contributed by atoms with Crippen molar-refractivity contribution in [1.82, 2.24) is 4.57 Å². The van der Waals surface area contributed by atoms with Crippen molar-refractivity contribution in [3.63, 3.8) is 0 Å². The maximum atomic E-state index is 9.12. The molecule has 0 bridgehead atoms. The van der Waals surface area contributed by atoms with Crippen LogP contribution in [0.25, 0.3) is 0 Å². The maximum Gasteiger partial charge on any atom is 0.120 e. The highest BCUT2D eigenvalue weighted by atomic mass is 15.0. The lowest BCUT2D eigenvalue weighted by Crippen LogP contribution is -2.14. The molecule has 0 unspecified atom stereocenters. The van der Waals surface area contributed by atoms with E-state index in [4.69, 9.17) is 5.26 Å². The Morgan fingerprint density at radius 1 is 1.29 bits per heavy atom. The lowest BCUT2D eigenvalue weighted by molar-refractivity contribution is 0.348. The zero-order valence-corrected chi connectivity index (χ0v) is 10.9. The van der Waals surface area contributed by atoms with E-state index in [1.54, 1.807) is 0 Å². The van der Waals surface area contributed by atoms with Crippen molar-refractivity contribution < 1.29 is 0 Å². The van der Waals surface area contributed by atoms with Crippen molar-refractivity contribution in [2.75, 3.05) is 0 Å². The second-order valence-corrected chi connectivity index (χ2v) is 5.49. The molecule has 92 valence electrons. The van der Waals surface area contributed by atoms with E-state index in [1.807, 2.05) is 6.07 Å². The van der Waals surface area contributed by atoms with E-state index >= 15 is 0 Å². The van der Waals surface area contributed by atoms with Gasteiger partial charge in [-0.15, -0.1) is 0 Å². The molecule has 0 radical (unpaired) electrons. The zero-order valence-electron chi connectivity index (χ0n) is 10.9. The van der Waals surface area contributed by atoms with Gasteiger partial charge in [0.15, 0.2) is 0 Å². The molecule has 2 heteroatoms. The first-order chi connectivity index (χ1) is 8.22. The normalized spacial score (nSPS) is 17.3. The Morgan fingerprint density at radius 3 is 2.59 bits per heavy atom. The minimum Gasteiger partial charge on any atom is -0.334 e. The molecule has 0 saturated heterocycles. The van der Waals surface area contributed by atoms with Gasteiger partial charge in [-0.3, -0.25) is 0 Å². The van der Waals surface area contributed by atoms with Crippen molar-refractivity contribution in [1.29, 1.82) is 5.26 Å². The van der Waals surface area contributed by atoms with E-state index in [2.05, 4.69) is 30.6 Å². The summed E-state index contributed by atoms with van der Waals surface area (Å²) in [5.41, 5.74) is 2.16. The number of hydrogen-bond donors (Lipinski definition) is 0. The van der Waals surface area contributed by atoms with Gasteiger partial charge in [0.25, 0.3) is 0 Å². The molecular formula is C15H22N2. The molecule has 0 aliphatic heterocycles. The Hall–Kier alpha value is -1.23. The summed E-state index contributed by atoms with van der Waals surface area (Å²) in [6.07, 6.45) is 8.07. The molecule has 1 aliphatic rings. The van der Waals surface area contributed by atoms with E-state index in [9.17, 15) is 0 Å². The van der Waals surface area contributed by atoms with E-state index in [0.717, 1.165) is 18.0 Å². The number of aromatic nitrogens is 1. The van der Waals surface area contributed by atoms with Crippen molar-refractivity contribution in [2.45, 2.75) is 58.4 Å². The quantitative estimate of drug-likeness (QED) is 0.769. The Bertz CT molecular complexity index is 403. The molecular weight excluding hydrogens is 208 g/mol. The van der Waals surface area contributed by atoms with Crippen LogP contribution < -0.4 is 0 Å². The second-order valence-electron chi connectivity index (χ2n) is 5.49. The summed E-state index contributed by atoms with van der Waals surface area (Å²) >= 11 is 0. The van der Waals surface area contributed by atoms with Crippen LogP contribution in [-0.2, 0) is 6.42 Å². The smallest absolute Gasteiger partial charge is 0.120 e. The fourth-order valence-electron chi connectivity index (χ4n) is 3.04. The molecule has 2 nitrogen and oxygen atoms in total. The molecule has 2 rings (SSSR count). The predicted molar refractivity (Wildman–Crippen MR) is 69.8 cm³/mol. The third kappa shape index (κ3) is 2.72. The molecule has 0 spiro atoms. The third-order valence-corrected chi connectivity index (χ3v) is 3.86. The van der Waals surface area contributed by atoms with Gasteiger partial charge in [-0.25, -0.2) is 0 Å². The van der Waals surface area contributed by atoms with Gasteiger partial charge in [0.2, 0.25) is 0 Å². The Balaban J connectivity index is 2.15. The van der Waals surface area contributed by atoms with E-state index in [0.29, 0.717) is 6.04 Å². The van der Waals surface area contributed by atoms with Crippen LogP contribution in [0, 0.1) is 17.2 Å². The fourth-order valence-corrected chi connectivity index (χ4v) is 3.04. The van der Waals surface area contributed by atoms with Crippen molar-refractivity contribution in [3.8, 4) is 6.07 Å². The van der Waals surface area contributed by atoms with Gasteiger partial charge in [0, 0.05) is 11.7 Å². The highest BCUT2D eigenvalue weighted by Gasteiger charge is 2.18. The van der Waals surface area contributed by atoms with Crippen LogP contribution in [-0.4, -0.2) is 4.57 Å². The van der Waals surface area contributed by atoms with Crippen LogP contribution in [0.3, 0.4) is 0 Å². The highest BCUT2D eigenvalue weighted by molar-refractivity contribution is 5.28. The fraction of sp³-hybridized carbons (Fsp3) is 0.667. The predicted octanol–water partition coefficient (Wildman–Crippen LogP) is 4.06. The lowest BCUT2D eigenvalue weighted by Gasteiger charge is -2.23. The van der Waals surface area contributed by atoms with Crippen molar-refractivity contribution >= 4 is 0 Å². The molecule has 17 heavy (non-hydrogen) atoms. The molecule has 0 aromatic carbocycles. The first-order valence-electron chi connectivity index (χ1n) is 6.82. The van der Waals surface area contributed by atoms with Crippen molar-refractivity contribution in [2.24, 2.45) is 5.92 Å². The Kier molecular flexibility index (Phi) is 3.89. The monoisotopic (exact) mass is 230 g/mol. The molecule has 1 heterocycles. The van der Waals surface area contributed by atoms with Crippen LogP contribution >= 0.6 is 0 Å². The molecule has 1 aliphatic carbocycles. The average Bonchev–Trinajstić information content (AvgIpc) is 2.73. The molecule has 0 amide bonds. The zero-order chi connectivity index (χ0) is 12.3. The summed E-state index contributed by atoms with van der Waals surface area (Å²) in [5, 5.41) is 9.12. The van der Waals surface area contributed by atoms with Crippen LogP contribution in [0.4, 0.5) is 0 Å². The molecule has 1 aromatic rings. The number of hydrogen-bond acceptors (Lipinski definition) is 1. The summed E-state index contributed by atoms with van der Waals surface area (Å²) in [6, 6.07) is 6.80. The van der Waals surface area contributed by atoms with Gasteiger partial charge in [0.05, 0.1) is 0 Å². The standard InChI is InChI=1S/C15H22N2/c1-12(2)17-14(8-9-15(17)11-16)10-13-6-4-3-5-7-13/h8-9,12-13H,3-7,10H2,1-2H3. The first kappa shape index (κ1) is 12.2. The highest BCUT2D eigenvalue weighted by Crippen LogP contribution is 2.28. The van der Waals surface area contributed by atoms with E-state index < -0.39 is 0 Å². The summed E-state index contributed by atoms with van der Waals surface area (Å²) in [5.74, 6) is 0.836. The van der Waals surface area contributed by atoms with Crippen LogP contribution in [0.1, 0.15) is 63.4 Å². The van der Waals surface area contributed by atoms with Crippen LogP contribution in [0.15, 0.2) is 12.1 Å². The summed E-state index contributed by atoms with van der Waals surface area (Å²) in [4.78, 5) is 0. The average molecular weight is 230 g/mol. The topological polar surface area (TPSA) is 28.7 Å². The summed E-state index contributed by atoms with van der Waals surface area (Å²) in [7, 11) is 0.